The normalized spacial score (nSPS) is 10.5. The molecular formula is C20H20N4. The van der Waals surface area contributed by atoms with E-state index >= 15 is 0 Å². The Labute approximate surface area is 142 Å². The van der Waals surface area contributed by atoms with Crippen molar-refractivity contribution in [1.29, 1.82) is 5.26 Å². The third kappa shape index (κ3) is 3.02. The molecule has 2 N–H and O–H groups in total. The average molecular weight is 316 g/mol. The molecule has 24 heavy (non-hydrogen) atoms. The summed E-state index contributed by atoms with van der Waals surface area (Å²) in [4.78, 5) is 4.76. The van der Waals surface area contributed by atoms with Gasteiger partial charge < -0.3 is 10.3 Å². The first-order valence-electron chi connectivity index (χ1n) is 8.13. The van der Waals surface area contributed by atoms with Crippen LogP contribution in [0.4, 0.5) is 5.82 Å². The number of rotatable bonds is 5. The van der Waals surface area contributed by atoms with Crippen molar-refractivity contribution in [2.24, 2.45) is 0 Å². The van der Waals surface area contributed by atoms with Crippen molar-refractivity contribution in [2.75, 3.05) is 5.73 Å². The van der Waals surface area contributed by atoms with Crippen molar-refractivity contribution in [3.63, 3.8) is 0 Å². The molecule has 3 aromatic rings. The summed E-state index contributed by atoms with van der Waals surface area (Å²) in [7, 11) is 0. The van der Waals surface area contributed by atoms with E-state index in [0.29, 0.717) is 23.6 Å². The predicted molar refractivity (Wildman–Crippen MR) is 96.3 cm³/mol. The Morgan fingerprint density at radius 1 is 1.08 bits per heavy atom. The van der Waals surface area contributed by atoms with Gasteiger partial charge in [-0.25, -0.2) is 4.98 Å². The zero-order chi connectivity index (χ0) is 16.9. The van der Waals surface area contributed by atoms with Gasteiger partial charge in [-0.1, -0.05) is 55.5 Å². The molecule has 0 atom stereocenters. The number of aromatic nitrogens is 2. The fraction of sp³-hybridized carbons (Fsp3) is 0.200. The molecule has 0 fully saturated rings. The number of hydrogen-bond acceptors (Lipinski definition) is 3. The van der Waals surface area contributed by atoms with Gasteiger partial charge in [0.25, 0.3) is 0 Å². The number of hydrogen-bond donors (Lipinski definition) is 1. The van der Waals surface area contributed by atoms with E-state index in [0.717, 1.165) is 24.2 Å². The summed E-state index contributed by atoms with van der Waals surface area (Å²) in [5.74, 6) is 1.58. The van der Waals surface area contributed by atoms with Gasteiger partial charge in [0.05, 0.1) is 18.2 Å². The smallest absolute Gasteiger partial charge is 0.132 e. The van der Waals surface area contributed by atoms with Gasteiger partial charge in [0.2, 0.25) is 0 Å². The molecular weight excluding hydrogens is 296 g/mol. The molecule has 0 unspecified atom stereocenters. The van der Waals surface area contributed by atoms with Crippen LogP contribution in [0.15, 0.2) is 54.6 Å². The van der Waals surface area contributed by atoms with Crippen LogP contribution in [0.5, 0.6) is 0 Å². The number of nitrogen functional groups attached to an aromatic ring is 1. The van der Waals surface area contributed by atoms with E-state index in [1.54, 1.807) is 6.07 Å². The molecule has 2 aromatic carbocycles. The highest BCUT2D eigenvalue weighted by molar-refractivity contribution is 5.76. The third-order valence-electron chi connectivity index (χ3n) is 4.05. The zero-order valence-corrected chi connectivity index (χ0v) is 13.7. The first-order chi connectivity index (χ1) is 11.7. The molecule has 4 heteroatoms. The SMILES string of the molecule is CCCc1nc(-c2ccccc2C#N)c(N)n1Cc1ccccc1. The van der Waals surface area contributed by atoms with E-state index < -0.39 is 0 Å². The zero-order valence-electron chi connectivity index (χ0n) is 13.7. The second kappa shape index (κ2) is 7.01. The van der Waals surface area contributed by atoms with Gasteiger partial charge in [-0.05, 0) is 18.1 Å². The maximum absolute atomic E-state index is 9.36. The number of nitrogens with two attached hydrogens (primary N) is 1. The maximum Gasteiger partial charge on any atom is 0.132 e. The standard InChI is InChI=1S/C20H20N4/c1-2-8-18-23-19(17-12-7-6-11-16(17)13-21)20(22)24(18)14-15-9-4-3-5-10-15/h3-7,9-12H,2,8,14,22H2,1H3. The average Bonchev–Trinajstić information content (AvgIpc) is 2.92. The fourth-order valence-electron chi connectivity index (χ4n) is 2.86. The maximum atomic E-state index is 9.36. The quantitative estimate of drug-likeness (QED) is 0.773. The van der Waals surface area contributed by atoms with Crippen LogP contribution in [0.25, 0.3) is 11.3 Å². The highest BCUT2D eigenvalue weighted by Gasteiger charge is 2.18. The lowest BCUT2D eigenvalue weighted by Crippen LogP contribution is -2.08. The Kier molecular flexibility index (Phi) is 4.62. The molecule has 0 radical (unpaired) electrons. The van der Waals surface area contributed by atoms with Gasteiger partial charge in [-0.2, -0.15) is 5.26 Å². The molecule has 0 aliphatic rings. The highest BCUT2D eigenvalue weighted by Crippen LogP contribution is 2.30. The Morgan fingerprint density at radius 3 is 2.50 bits per heavy atom. The number of nitrogens with zero attached hydrogens (tertiary/aromatic N) is 3. The van der Waals surface area contributed by atoms with Crippen LogP contribution in [0, 0.1) is 11.3 Å². The number of imidazole rings is 1. The van der Waals surface area contributed by atoms with Gasteiger partial charge in [0.1, 0.15) is 17.3 Å². The lowest BCUT2D eigenvalue weighted by atomic mass is 10.1. The van der Waals surface area contributed by atoms with Gasteiger partial charge in [-0.3, -0.25) is 0 Å². The predicted octanol–water partition coefficient (Wildman–Crippen LogP) is 4.00. The molecule has 0 saturated heterocycles. The summed E-state index contributed by atoms with van der Waals surface area (Å²) in [6.45, 7) is 2.81. The lowest BCUT2D eigenvalue weighted by Gasteiger charge is -2.10. The molecule has 0 aliphatic heterocycles. The minimum Gasteiger partial charge on any atom is -0.383 e. The van der Waals surface area contributed by atoms with Gasteiger partial charge >= 0.3 is 0 Å². The van der Waals surface area contributed by atoms with Gasteiger partial charge in [0, 0.05) is 12.0 Å². The summed E-state index contributed by atoms with van der Waals surface area (Å²) in [6, 6.07) is 19.9. The van der Waals surface area contributed by atoms with Crippen LogP contribution in [0.1, 0.15) is 30.3 Å². The summed E-state index contributed by atoms with van der Waals surface area (Å²) in [5.41, 5.74) is 9.70. The van der Waals surface area contributed by atoms with E-state index in [9.17, 15) is 5.26 Å². The summed E-state index contributed by atoms with van der Waals surface area (Å²) in [6.07, 6.45) is 1.84. The van der Waals surface area contributed by atoms with E-state index in [2.05, 4.69) is 29.7 Å². The molecule has 0 bridgehead atoms. The minimum absolute atomic E-state index is 0.594. The van der Waals surface area contributed by atoms with Crippen molar-refractivity contribution in [3.8, 4) is 17.3 Å². The van der Waals surface area contributed by atoms with E-state index in [1.807, 2.05) is 36.4 Å². The summed E-state index contributed by atoms with van der Waals surface area (Å²) < 4.78 is 2.06. The van der Waals surface area contributed by atoms with Crippen molar-refractivity contribution in [3.05, 3.63) is 71.5 Å². The number of aryl methyl sites for hydroxylation is 1. The highest BCUT2D eigenvalue weighted by atomic mass is 15.1. The van der Waals surface area contributed by atoms with Gasteiger partial charge in [0.15, 0.2) is 0 Å². The van der Waals surface area contributed by atoms with E-state index in [1.165, 1.54) is 5.56 Å². The molecule has 1 heterocycles. The van der Waals surface area contributed by atoms with Crippen LogP contribution in [-0.2, 0) is 13.0 Å². The van der Waals surface area contributed by atoms with Crippen LogP contribution in [0.3, 0.4) is 0 Å². The molecule has 0 amide bonds. The third-order valence-corrected chi connectivity index (χ3v) is 4.05. The van der Waals surface area contributed by atoms with Crippen LogP contribution < -0.4 is 5.73 Å². The minimum atomic E-state index is 0.594. The molecule has 3 rings (SSSR count). The Hall–Kier alpha value is -3.06. The van der Waals surface area contributed by atoms with Crippen LogP contribution in [-0.4, -0.2) is 9.55 Å². The van der Waals surface area contributed by atoms with Crippen LogP contribution >= 0.6 is 0 Å². The first kappa shape index (κ1) is 15.8. The van der Waals surface area contributed by atoms with Crippen molar-refractivity contribution in [1.82, 2.24) is 9.55 Å². The van der Waals surface area contributed by atoms with Gasteiger partial charge in [-0.15, -0.1) is 0 Å². The number of anilines is 1. The first-order valence-corrected chi connectivity index (χ1v) is 8.13. The second-order valence-electron chi connectivity index (χ2n) is 5.74. The van der Waals surface area contributed by atoms with Crippen molar-refractivity contribution >= 4 is 5.82 Å². The fourth-order valence-corrected chi connectivity index (χ4v) is 2.86. The number of nitriles is 1. The Bertz CT molecular complexity index is 872. The largest absolute Gasteiger partial charge is 0.383 e. The molecule has 0 aliphatic carbocycles. The van der Waals surface area contributed by atoms with E-state index in [-0.39, 0.29) is 0 Å². The molecule has 4 nitrogen and oxygen atoms in total. The lowest BCUT2D eigenvalue weighted by molar-refractivity contribution is 0.712. The van der Waals surface area contributed by atoms with Crippen LogP contribution in [0.2, 0.25) is 0 Å². The van der Waals surface area contributed by atoms with E-state index in [4.69, 9.17) is 10.7 Å². The monoisotopic (exact) mass is 316 g/mol. The molecule has 0 saturated carbocycles. The molecule has 1 aromatic heterocycles. The van der Waals surface area contributed by atoms with Crippen molar-refractivity contribution < 1.29 is 0 Å². The number of benzene rings is 2. The Balaban J connectivity index is 2.09. The summed E-state index contributed by atoms with van der Waals surface area (Å²) >= 11 is 0. The van der Waals surface area contributed by atoms with Crippen molar-refractivity contribution in [2.45, 2.75) is 26.3 Å². The summed E-state index contributed by atoms with van der Waals surface area (Å²) in [5, 5.41) is 9.36. The topological polar surface area (TPSA) is 67.6 Å². The molecule has 0 spiro atoms. The second-order valence-corrected chi connectivity index (χ2v) is 5.74. The molecule has 120 valence electrons. The Morgan fingerprint density at radius 2 is 1.79 bits per heavy atom.